The Morgan fingerprint density at radius 2 is 1.66 bits per heavy atom. The molecule has 1 saturated heterocycles. The third kappa shape index (κ3) is 4.72. The Hall–Kier alpha value is -3.47. The van der Waals surface area contributed by atoms with Crippen LogP contribution in [0, 0.1) is 5.41 Å². The molecule has 0 spiro atoms. The van der Waals surface area contributed by atoms with Crippen molar-refractivity contribution >= 4 is 11.8 Å². The summed E-state index contributed by atoms with van der Waals surface area (Å²) in [5.41, 5.74) is 3.37. The second-order valence-corrected chi connectivity index (χ2v) is 8.45. The fourth-order valence-corrected chi connectivity index (χ4v) is 4.58. The van der Waals surface area contributed by atoms with Crippen molar-refractivity contribution in [2.45, 2.75) is 26.2 Å². The van der Waals surface area contributed by atoms with Crippen LogP contribution in [0.1, 0.15) is 35.7 Å². The van der Waals surface area contributed by atoms with Crippen molar-refractivity contribution in [2.24, 2.45) is 5.41 Å². The third-order valence-corrected chi connectivity index (χ3v) is 6.21. The molecule has 1 fully saturated rings. The molecule has 0 aliphatic carbocycles. The molecule has 1 atom stereocenters. The van der Waals surface area contributed by atoms with Gasteiger partial charge in [-0.1, -0.05) is 42.5 Å². The van der Waals surface area contributed by atoms with Crippen LogP contribution in [0.4, 0.5) is 0 Å². The lowest BCUT2D eigenvalue weighted by Crippen LogP contribution is -2.54. The fourth-order valence-electron chi connectivity index (χ4n) is 4.58. The molecule has 2 aromatic carbocycles. The molecular weight excluding hydrogens is 398 g/mol. The molecular formula is C27H29N3O2. The van der Waals surface area contributed by atoms with E-state index in [0.29, 0.717) is 31.6 Å². The highest BCUT2D eigenvalue weighted by atomic mass is 16.2. The molecule has 5 nitrogen and oxygen atoms in total. The smallest absolute Gasteiger partial charge is 0.253 e. The Morgan fingerprint density at radius 3 is 2.34 bits per heavy atom. The number of benzene rings is 2. The van der Waals surface area contributed by atoms with Crippen molar-refractivity contribution in [1.29, 1.82) is 0 Å². The van der Waals surface area contributed by atoms with Crippen LogP contribution in [-0.4, -0.2) is 41.3 Å². The van der Waals surface area contributed by atoms with Gasteiger partial charge in [0.1, 0.15) is 0 Å². The lowest BCUT2D eigenvalue weighted by Gasteiger charge is -2.42. The number of likely N-dealkylation sites (tertiary alicyclic amines) is 1. The topological polar surface area (TPSA) is 62.3 Å². The molecule has 5 heteroatoms. The normalized spacial score (nSPS) is 18.2. The van der Waals surface area contributed by atoms with E-state index < -0.39 is 5.41 Å². The minimum Gasteiger partial charge on any atom is -0.356 e. The molecule has 1 aromatic heterocycles. The maximum Gasteiger partial charge on any atom is 0.253 e. The fraction of sp³-hybridized carbons (Fsp3) is 0.296. The highest BCUT2D eigenvalue weighted by Gasteiger charge is 2.43. The molecule has 1 N–H and O–H groups in total. The van der Waals surface area contributed by atoms with Crippen molar-refractivity contribution in [3.8, 4) is 11.1 Å². The van der Waals surface area contributed by atoms with Crippen LogP contribution in [0.25, 0.3) is 11.1 Å². The second kappa shape index (κ2) is 9.77. The van der Waals surface area contributed by atoms with Crippen LogP contribution in [-0.2, 0) is 11.2 Å². The lowest BCUT2D eigenvalue weighted by atomic mass is 9.74. The van der Waals surface area contributed by atoms with Crippen LogP contribution in [0.5, 0.6) is 0 Å². The van der Waals surface area contributed by atoms with Gasteiger partial charge in [-0.15, -0.1) is 0 Å². The van der Waals surface area contributed by atoms with Gasteiger partial charge < -0.3 is 10.2 Å². The van der Waals surface area contributed by atoms with E-state index in [1.165, 1.54) is 0 Å². The predicted octanol–water partition coefficient (Wildman–Crippen LogP) is 4.35. The molecule has 0 radical (unpaired) electrons. The predicted molar refractivity (Wildman–Crippen MR) is 126 cm³/mol. The molecule has 32 heavy (non-hydrogen) atoms. The molecule has 4 rings (SSSR count). The molecule has 1 aliphatic heterocycles. The zero-order valence-electron chi connectivity index (χ0n) is 18.5. The summed E-state index contributed by atoms with van der Waals surface area (Å²) in [7, 11) is 0. The first kappa shape index (κ1) is 21.8. The minimum atomic E-state index is -0.628. The molecule has 1 aliphatic rings. The van der Waals surface area contributed by atoms with E-state index in [0.717, 1.165) is 29.5 Å². The van der Waals surface area contributed by atoms with Gasteiger partial charge in [-0.3, -0.25) is 14.6 Å². The van der Waals surface area contributed by atoms with E-state index in [4.69, 9.17) is 0 Å². The summed E-state index contributed by atoms with van der Waals surface area (Å²) < 4.78 is 0. The quantitative estimate of drug-likeness (QED) is 0.636. The maximum absolute atomic E-state index is 13.3. The second-order valence-electron chi connectivity index (χ2n) is 8.45. The number of carbonyl (C=O) groups excluding carboxylic acids is 2. The minimum absolute atomic E-state index is 0.00740. The van der Waals surface area contributed by atoms with Gasteiger partial charge in [0.2, 0.25) is 5.91 Å². The first-order chi connectivity index (χ1) is 15.6. The van der Waals surface area contributed by atoms with Gasteiger partial charge in [0.05, 0.1) is 5.41 Å². The number of hydrogen-bond donors (Lipinski definition) is 1. The Balaban J connectivity index is 1.57. The number of aromatic nitrogens is 1. The Morgan fingerprint density at radius 1 is 0.969 bits per heavy atom. The average molecular weight is 428 g/mol. The van der Waals surface area contributed by atoms with E-state index in [2.05, 4.69) is 34.6 Å². The highest BCUT2D eigenvalue weighted by molar-refractivity contribution is 5.95. The molecule has 164 valence electrons. The molecule has 0 saturated carbocycles. The summed E-state index contributed by atoms with van der Waals surface area (Å²) >= 11 is 0. The Bertz CT molecular complexity index is 1050. The van der Waals surface area contributed by atoms with Crippen molar-refractivity contribution in [3.63, 3.8) is 0 Å². The number of piperidine rings is 1. The monoisotopic (exact) mass is 427 g/mol. The standard InChI is InChI=1S/C27H29N3O2/c1-2-29-26(32)27(15-6-18-30(20-27)25(31)24-7-4-3-5-8-24)19-21-9-11-22(12-10-21)23-13-16-28-17-14-23/h3-5,7-14,16-17H,2,6,15,18-20H2,1H3,(H,29,32)/t27-/m0/s1. The van der Waals surface area contributed by atoms with Crippen molar-refractivity contribution in [1.82, 2.24) is 15.2 Å². The number of rotatable bonds is 6. The van der Waals surface area contributed by atoms with E-state index in [-0.39, 0.29) is 11.8 Å². The maximum atomic E-state index is 13.3. The Kier molecular flexibility index (Phi) is 6.64. The van der Waals surface area contributed by atoms with Gasteiger partial charge in [-0.2, -0.15) is 0 Å². The summed E-state index contributed by atoms with van der Waals surface area (Å²) in [6, 6.07) is 21.7. The van der Waals surface area contributed by atoms with Crippen LogP contribution in [0.3, 0.4) is 0 Å². The Labute approximate surface area is 189 Å². The van der Waals surface area contributed by atoms with E-state index in [9.17, 15) is 9.59 Å². The molecule has 3 aromatic rings. The summed E-state index contributed by atoms with van der Waals surface area (Å²) in [5.74, 6) is 0.0239. The zero-order chi connectivity index (χ0) is 22.4. The third-order valence-electron chi connectivity index (χ3n) is 6.21. The average Bonchev–Trinajstić information content (AvgIpc) is 2.85. The van der Waals surface area contributed by atoms with Gasteiger partial charge in [0.15, 0.2) is 0 Å². The largest absolute Gasteiger partial charge is 0.356 e. The first-order valence-electron chi connectivity index (χ1n) is 11.2. The number of carbonyl (C=O) groups is 2. The van der Waals surface area contributed by atoms with Gasteiger partial charge >= 0.3 is 0 Å². The van der Waals surface area contributed by atoms with Crippen LogP contribution in [0.2, 0.25) is 0 Å². The highest BCUT2D eigenvalue weighted by Crippen LogP contribution is 2.35. The van der Waals surface area contributed by atoms with Crippen LogP contribution < -0.4 is 5.32 Å². The van der Waals surface area contributed by atoms with E-state index in [1.807, 2.05) is 54.3 Å². The number of nitrogens with one attached hydrogen (secondary N) is 1. The van der Waals surface area contributed by atoms with Crippen molar-refractivity contribution < 1.29 is 9.59 Å². The van der Waals surface area contributed by atoms with E-state index in [1.54, 1.807) is 12.4 Å². The van der Waals surface area contributed by atoms with E-state index >= 15 is 0 Å². The van der Waals surface area contributed by atoms with Crippen molar-refractivity contribution in [2.75, 3.05) is 19.6 Å². The number of nitrogens with zero attached hydrogens (tertiary/aromatic N) is 2. The zero-order valence-corrected chi connectivity index (χ0v) is 18.5. The number of hydrogen-bond acceptors (Lipinski definition) is 3. The SMILES string of the molecule is CCNC(=O)[C@]1(Cc2ccc(-c3ccncc3)cc2)CCCN(C(=O)c2ccccc2)C1. The van der Waals surface area contributed by atoms with Gasteiger partial charge in [-0.25, -0.2) is 0 Å². The number of pyridine rings is 1. The first-order valence-corrected chi connectivity index (χ1v) is 11.2. The lowest BCUT2D eigenvalue weighted by molar-refractivity contribution is -0.133. The van der Waals surface area contributed by atoms with Crippen LogP contribution in [0.15, 0.2) is 79.1 Å². The number of amides is 2. The summed E-state index contributed by atoms with van der Waals surface area (Å²) in [4.78, 5) is 32.3. The van der Waals surface area contributed by atoms with Crippen LogP contribution >= 0.6 is 0 Å². The summed E-state index contributed by atoms with van der Waals surface area (Å²) in [6.45, 7) is 3.62. The van der Waals surface area contributed by atoms with Crippen molar-refractivity contribution in [3.05, 3.63) is 90.3 Å². The summed E-state index contributed by atoms with van der Waals surface area (Å²) in [6.07, 6.45) is 5.75. The van der Waals surface area contributed by atoms with Gasteiger partial charge in [-0.05, 0) is 67.1 Å². The van der Waals surface area contributed by atoms with Gasteiger partial charge in [0.25, 0.3) is 5.91 Å². The summed E-state index contributed by atoms with van der Waals surface area (Å²) in [5, 5.41) is 3.03. The molecule has 2 heterocycles. The molecule has 0 bridgehead atoms. The molecule has 0 unspecified atom stereocenters. The van der Waals surface area contributed by atoms with Gasteiger partial charge in [0, 0.05) is 37.6 Å². The molecule has 2 amide bonds.